The van der Waals surface area contributed by atoms with E-state index in [1.165, 1.54) is 5.56 Å². The quantitative estimate of drug-likeness (QED) is 0.683. The Morgan fingerprint density at radius 1 is 1.04 bits per heavy atom. The summed E-state index contributed by atoms with van der Waals surface area (Å²) >= 11 is 0. The van der Waals surface area contributed by atoms with E-state index in [-0.39, 0.29) is 18.3 Å². The van der Waals surface area contributed by atoms with E-state index in [1.54, 1.807) is 32.0 Å². The van der Waals surface area contributed by atoms with Gasteiger partial charge >= 0.3 is 0 Å². The average molecular weight is 391 g/mol. The van der Waals surface area contributed by atoms with Crippen LogP contribution >= 0.6 is 0 Å². The highest BCUT2D eigenvalue weighted by Crippen LogP contribution is 2.24. The fraction of sp³-hybridized carbons (Fsp3) is 0.350. The fourth-order valence-corrected chi connectivity index (χ4v) is 3.72. The number of carbonyl (C=O) groups is 1. The lowest BCUT2D eigenvalue weighted by Crippen LogP contribution is -2.21. The van der Waals surface area contributed by atoms with E-state index in [0.717, 1.165) is 6.42 Å². The monoisotopic (exact) mass is 390 g/mol. The molecule has 6 nitrogen and oxygen atoms in total. The zero-order valence-corrected chi connectivity index (χ0v) is 16.7. The Labute approximate surface area is 161 Å². The maximum atomic E-state index is 12.2. The minimum Gasteiger partial charge on any atom is -0.484 e. The Morgan fingerprint density at radius 2 is 1.70 bits per heavy atom. The van der Waals surface area contributed by atoms with Crippen LogP contribution in [0.5, 0.6) is 5.75 Å². The predicted octanol–water partition coefficient (Wildman–Crippen LogP) is 3.73. The molecule has 1 amide bonds. The van der Waals surface area contributed by atoms with Crippen LogP contribution in [0.15, 0.2) is 42.5 Å². The summed E-state index contributed by atoms with van der Waals surface area (Å²) in [5.74, 6) is 0.361. The zero-order chi connectivity index (χ0) is 19.9. The normalized spacial score (nSPS) is 11.1. The molecule has 27 heavy (non-hydrogen) atoms. The third-order valence-electron chi connectivity index (χ3n) is 4.05. The van der Waals surface area contributed by atoms with E-state index >= 15 is 0 Å². The van der Waals surface area contributed by atoms with Crippen molar-refractivity contribution >= 4 is 27.3 Å². The first-order valence-electron chi connectivity index (χ1n) is 8.96. The highest BCUT2D eigenvalue weighted by molar-refractivity contribution is 7.92. The second kappa shape index (κ2) is 9.41. The van der Waals surface area contributed by atoms with Crippen LogP contribution in [0.3, 0.4) is 0 Å². The van der Waals surface area contributed by atoms with Crippen LogP contribution in [0.4, 0.5) is 11.4 Å². The molecule has 2 N–H and O–H groups in total. The largest absolute Gasteiger partial charge is 0.484 e. The number of nitrogens with one attached hydrogen (secondary N) is 2. The van der Waals surface area contributed by atoms with Crippen LogP contribution in [0, 0.1) is 6.92 Å². The molecule has 7 heteroatoms. The van der Waals surface area contributed by atoms with Crippen molar-refractivity contribution in [3.05, 3.63) is 53.6 Å². The molecular formula is C20H26N2O4S. The van der Waals surface area contributed by atoms with Gasteiger partial charge in [-0.2, -0.15) is 0 Å². The van der Waals surface area contributed by atoms with Gasteiger partial charge in [0.05, 0.1) is 11.4 Å². The van der Waals surface area contributed by atoms with Crippen molar-refractivity contribution in [3.8, 4) is 5.75 Å². The number of aryl methyl sites for hydroxylation is 1. The van der Waals surface area contributed by atoms with Gasteiger partial charge in [0.2, 0.25) is 10.0 Å². The van der Waals surface area contributed by atoms with Crippen LogP contribution in [-0.2, 0) is 21.2 Å². The van der Waals surface area contributed by atoms with Crippen molar-refractivity contribution in [2.24, 2.45) is 0 Å². The van der Waals surface area contributed by atoms with Gasteiger partial charge in [-0.25, -0.2) is 8.42 Å². The molecule has 0 saturated carbocycles. The SMILES string of the molecule is CCCS(=O)(=O)Nc1cccc(NC(=O)COc2ccc(CC)cc2)c1C. The van der Waals surface area contributed by atoms with Crippen molar-refractivity contribution in [1.29, 1.82) is 0 Å². The van der Waals surface area contributed by atoms with Crippen LogP contribution in [0.25, 0.3) is 0 Å². The van der Waals surface area contributed by atoms with Crippen molar-refractivity contribution in [2.75, 3.05) is 22.4 Å². The van der Waals surface area contributed by atoms with Gasteiger partial charge in [-0.1, -0.05) is 32.0 Å². The summed E-state index contributed by atoms with van der Waals surface area (Å²) in [6.45, 7) is 5.50. The van der Waals surface area contributed by atoms with Crippen LogP contribution in [0.1, 0.15) is 31.4 Å². The number of anilines is 2. The molecule has 0 fully saturated rings. The summed E-state index contributed by atoms with van der Waals surface area (Å²) in [5.41, 5.74) is 2.85. The lowest BCUT2D eigenvalue weighted by atomic mass is 10.1. The molecule has 0 unspecified atom stereocenters. The fourth-order valence-electron chi connectivity index (χ4n) is 2.53. The van der Waals surface area contributed by atoms with Crippen molar-refractivity contribution < 1.29 is 17.9 Å². The number of hydrogen-bond acceptors (Lipinski definition) is 4. The Hall–Kier alpha value is -2.54. The summed E-state index contributed by atoms with van der Waals surface area (Å²) in [5, 5.41) is 2.76. The third kappa shape index (κ3) is 6.29. The van der Waals surface area contributed by atoms with Gasteiger partial charge in [-0.05, 0) is 55.2 Å². The summed E-state index contributed by atoms with van der Waals surface area (Å²) in [4.78, 5) is 12.2. The maximum absolute atomic E-state index is 12.2. The number of ether oxygens (including phenoxy) is 1. The molecule has 0 aromatic heterocycles. The topological polar surface area (TPSA) is 84.5 Å². The summed E-state index contributed by atoms with van der Waals surface area (Å²) < 4.78 is 32.0. The van der Waals surface area contributed by atoms with Crippen LogP contribution in [0.2, 0.25) is 0 Å². The molecule has 0 aliphatic carbocycles. The van der Waals surface area contributed by atoms with E-state index in [1.807, 2.05) is 24.3 Å². The minimum atomic E-state index is -3.39. The van der Waals surface area contributed by atoms with Gasteiger partial charge in [0.25, 0.3) is 5.91 Å². The standard InChI is InChI=1S/C20H26N2O4S/c1-4-13-27(24,25)22-19-8-6-7-18(15(19)3)21-20(23)14-26-17-11-9-16(5-2)10-12-17/h6-12,22H,4-5,13-14H2,1-3H3,(H,21,23). The Kier molecular flexibility index (Phi) is 7.24. The zero-order valence-electron chi connectivity index (χ0n) is 15.9. The molecule has 0 radical (unpaired) electrons. The Bertz CT molecular complexity index is 877. The second-order valence-electron chi connectivity index (χ2n) is 6.23. The Balaban J connectivity index is 1.99. The average Bonchev–Trinajstić information content (AvgIpc) is 2.63. The van der Waals surface area contributed by atoms with E-state index in [4.69, 9.17) is 4.74 Å². The Morgan fingerprint density at radius 3 is 2.33 bits per heavy atom. The van der Waals surface area contributed by atoms with Crippen LogP contribution in [-0.4, -0.2) is 26.7 Å². The highest BCUT2D eigenvalue weighted by atomic mass is 32.2. The van der Waals surface area contributed by atoms with Gasteiger partial charge in [0, 0.05) is 5.69 Å². The van der Waals surface area contributed by atoms with E-state index in [9.17, 15) is 13.2 Å². The molecule has 0 aliphatic rings. The number of benzene rings is 2. The maximum Gasteiger partial charge on any atom is 0.262 e. The van der Waals surface area contributed by atoms with Gasteiger partial charge in [-0.3, -0.25) is 9.52 Å². The van der Waals surface area contributed by atoms with Crippen molar-refractivity contribution in [1.82, 2.24) is 0 Å². The number of sulfonamides is 1. The van der Waals surface area contributed by atoms with Crippen molar-refractivity contribution in [2.45, 2.75) is 33.6 Å². The first-order valence-corrected chi connectivity index (χ1v) is 10.6. The molecule has 0 saturated heterocycles. The molecule has 0 heterocycles. The van der Waals surface area contributed by atoms with E-state index in [2.05, 4.69) is 17.0 Å². The van der Waals surface area contributed by atoms with Crippen molar-refractivity contribution in [3.63, 3.8) is 0 Å². The molecule has 0 aliphatic heterocycles. The summed E-state index contributed by atoms with van der Waals surface area (Å²) in [7, 11) is -3.39. The lowest BCUT2D eigenvalue weighted by molar-refractivity contribution is -0.118. The van der Waals surface area contributed by atoms with Gasteiger partial charge < -0.3 is 10.1 Å². The summed E-state index contributed by atoms with van der Waals surface area (Å²) in [6.07, 6.45) is 1.47. The smallest absolute Gasteiger partial charge is 0.262 e. The molecule has 0 bridgehead atoms. The number of rotatable bonds is 9. The molecule has 0 atom stereocenters. The summed E-state index contributed by atoms with van der Waals surface area (Å²) in [6, 6.07) is 12.7. The third-order valence-corrected chi connectivity index (χ3v) is 5.52. The molecule has 2 aromatic carbocycles. The molecule has 2 rings (SSSR count). The first kappa shape index (κ1) is 20.8. The van der Waals surface area contributed by atoms with Gasteiger partial charge in [-0.15, -0.1) is 0 Å². The molecule has 2 aromatic rings. The molecule has 0 spiro atoms. The number of amides is 1. The lowest BCUT2D eigenvalue weighted by Gasteiger charge is -2.14. The first-order chi connectivity index (χ1) is 12.8. The number of carbonyl (C=O) groups excluding carboxylic acids is 1. The minimum absolute atomic E-state index is 0.0493. The molecular weight excluding hydrogens is 364 g/mol. The molecule has 146 valence electrons. The number of hydrogen-bond donors (Lipinski definition) is 2. The van der Waals surface area contributed by atoms with E-state index < -0.39 is 10.0 Å². The highest BCUT2D eigenvalue weighted by Gasteiger charge is 2.13. The second-order valence-corrected chi connectivity index (χ2v) is 8.08. The van der Waals surface area contributed by atoms with Crippen LogP contribution < -0.4 is 14.8 Å². The van der Waals surface area contributed by atoms with E-state index in [0.29, 0.717) is 29.1 Å². The van der Waals surface area contributed by atoms with Gasteiger partial charge in [0.1, 0.15) is 5.75 Å². The van der Waals surface area contributed by atoms with Gasteiger partial charge in [0.15, 0.2) is 6.61 Å². The predicted molar refractivity (Wildman–Crippen MR) is 109 cm³/mol.